The van der Waals surface area contributed by atoms with Crippen molar-refractivity contribution in [2.45, 2.75) is 12.6 Å². The SMILES string of the molecule is O=C1c2oc3ccc(Cl)cc3c(=O)c2[C@@H](c2ccc([N+](=O)[O-])cc2)N1Cc1ccco1. The van der Waals surface area contributed by atoms with Crippen LogP contribution in [0.5, 0.6) is 0 Å². The number of nitrogens with zero attached hydrogens (tertiary/aromatic N) is 2. The minimum atomic E-state index is -0.798. The number of fused-ring (bicyclic) bond motifs is 2. The number of rotatable bonds is 4. The quantitative estimate of drug-likeness (QED) is 0.339. The van der Waals surface area contributed by atoms with E-state index in [-0.39, 0.29) is 40.0 Å². The van der Waals surface area contributed by atoms with E-state index in [4.69, 9.17) is 20.4 Å². The zero-order valence-electron chi connectivity index (χ0n) is 15.8. The Hall–Kier alpha value is -3.91. The molecule has 0 bridgehead atoms. The molecule has 1 atom stereocenters. The van der Waals surface area contributed by atoms with Crippen molar-refractivity contribution < 1.29 is 18.6 Å². The van der Waals surface area contributed by atoms with Gasteiger partial charge in [0.2, 0.25) is 5.76 Å². The molecule has 0 spiro atoms. The number of benzene rings is 2. The second-order valence-electron chi connectivity index (χ2n) is 7.08. The molecule has 0 unspecified atom stereocenters. The van der Waals surface area contributed by atoms with Crippen molar-refractivity contribution in [3.05, 3.63) is 109 Å². The van der Waals surface area contributed by atoms with Crippen molar-refractivity contribution in [2.75, 3.05) is 0 Å². The number of nitro groups is 1. The highest BCUT2D eigenvalue weighted by Gasteiger charge is 2.43. The number of hydrogen-bond acceptors (Lipinski definition) is 6. The van der Waals surface area contributed by atoms with Gasteiger partial charge in [-0.2, -0.15) is 0 Å². The Kier molecular flexibility index (Phi) is 4.37. The molecule has 8 nitrogen and oxygen atoms in total. The Morgan fingerprint density at radius 1 is 1.10 bits per heavy atom. The summed E-state index contributed by atoms with van der Waals surface area (Å²) in [6.07, 6.45) is 1.49. The van der Waals surface area contributed by atoms with E-state index < -0.39 is 16.9 Å². The van der Waals surface area contributed by atoms with Crippen molar-refractivity contribution >= 4 is 34.2 Å². The number of furan rings is 1. The van der Waals surface area contributed by atoms with Gasteiger partial charge in [-0.3, -0.25) is 19.7 Å². The highest BCUT2D eigenvalue weighted by molar-refractivity contribution is 6.31. The van der Waals surface area contributed by atoms with Gasteiger partial charge >= 0.3 is 0 Å². The fourth-order valence-electron chi connectivity index (χ4n) is 3.85. The summed E-state index contributed by atoms with van der Waals surface area (Å²) in [5, 5.41) is 11.7. The average Bonchev–Trinajstić information content (AvgIpc) is 3.36. The molecular weight excluding hydrogens is 424 g/mol. The summed E-state index contributed by atoms with van der Waals surface area (Å²) >= 11 is 6.06. The van der Waals surface area contributed by atoms with E-state index in [2.05, 4.69) is 0 Å². The molecule has 0 saturated carbocycles. The molecule has 31 heavy (non-hydrogen) atoms. The third kappa shape index (κ3) is 3.08. The van der Waals surface area contributed by atoms with Gasteiger partial charge in [0.25, 0.3) is 11.6 Å². The Balaban J connectivity index is 1.73. The number of non-ortho nitro benzene ring substituents is 1. The van der Waals surface area contributed by atoms with Crippen molar-refractivity contribution in [2.24, 2.45) is 0 Å². The van der Waals surface area contributed by atoms with Gasteiger partial charge in [-0.1, -0.05) is 11.6 Å². The monoisotopic (exact) mass is 436 g/mol. The molecule has 2 aromatic carbocycles. The molecule has 0 saturated heterocycles. The fourth-order valence-corrected chi connectivity index (χ4v) is 4.02. The van der Waals surface area contributed by atoms with Crippen LogP contribution in [0.3, 0.4) is 0 Å². The first-order chi connectivity index (χ1) is 14.9. The lowest BCUT2D eigenvalue weighted by Crippen LogP contribution is -2.29. The summed E-state index contributed by atoms with van der Waals surface area (Å²) < 4.78 is 11.2. The lowest BCUT2D eigenvalue weighted by Gasteiger charge is -2.24. The van der Waals surface area contributed by atoms with E-state index in [1.807, 2.05) is 0 Å². The van der Waals surface area contributed by atoms with Gasteiger partial charge < -0.3 is 13.7 Å². The molecule has 2 aromatic heterocycles. The molecule has 154 valence electrons. The maximum Gasteiger partial charge on any atom is 0.291 e. The molecule has 1 amide bonds. The van der Waals surface area contributed by atoms with Crippen LogP contribution in [0, 0.1) is 10.1 Å². The minimum Gasteiger partial charge on any atom is -0.467 e. The summed E-state index contributed by atoms with van der Waals surface area (Å²) in [4.78, 5) is 38.6. The van der Waals surface area contributed by atoms with E-state index in [9.17, 15) is 19.7 Å². The maximum atomic E-state index is 13.4. The van der Waals surface area contributed by atoms with Crippen LogP contribution in [0.25, 0.3) is 11.0 Å². The summed E-state index contributed by atoms with van der Waals surface area (Å²) in [6, 6.07) is 13.0. The van der Waals surface area contributed by atoms with E-state index in [0.717, 1.165) is 0 Å². The summed E-state index contributed by atoms with van der Waals surface area (Å²) in [5.41, 5.74) is 0.488. The van der Waals surface area contributed by atoms with Crippen molar-refractivity contribution in [1.29, 1.82) is 0 Å². The predicted molar refractivity (Wildman–Crippen MR) is 111 cm³/mol. The molecule has 1 aliphatic rings. The molecular formula is C22H13ClN2O6. The van der Waals surface area contributed by atoms with Crippen LogP contribution in [0.2, 0.25) is 5.02 Å². The van der Waals surface area contributed by atoms with Crippen LogP contribution >= 0.6 is 11.6 Å². The standard InChI is InChI=1S/C22H13ClN2O6/c23-13-5-8-17-16(10-13)20(26)18-19(12-3-6-14(7-4-12)25(28)29)24(22(27)21(18)31-17)11-15-2-1-9-30-15/h1-10,19H,11H2/t19-/m1/s1. The summed E-state index contributed by atoms with van der Waals surface area (Å²) in [6.45, 7) is 0.0915. The molecule has 0 aliphatic carbocycles. The van der Waals surface area contributed by atoms with Gasteiger partial charge in [-0.15, -0.1) is 0 Å². The first kappa shape index (κ1) is 19.1. The Bertz CT molecular complexity index is 1390. The molecule has 0 fully saturated rings. The molecule has 0 N–H and O–H groups in total. The van der Waals surface area contributed by atoms with Gasteiger partial charge in [0, 0.05) is 17.2 Å². The second-order valence-corrected chi connectivity index (χ2v) is 7.51. The number of carbonyl (C=O) groups excluding carboxylic acids is 1. The zero-order valence-corrected chi connectivity index (χ0v) is 16.5. The molecule has 1 aliphatic heterocycles. The van der Waals surface area contributed by atoms with Crippen LogP contribution in [0.4, 0.5) is 5.69 Å². The van der Waals surface area contributed by atoms with E-state index in [1.165, 1.54) is 41.5 Å². The first-order valence-corrected chi connectivity index (χ1v) is 9.66. The Morgan fingerprint density at radius 2 is 1.87 bits per heavy atom. The number of carbonyl (C=O) groups is 1. The highest BCUT2D eigenvalue weighted by atomic mass is 35.5. The third-order valence-corrected chi connectivity index (χ3v) is 5.49. The second kappa shape index (κ2) is 7.10. The maximum absolute atomic E-state index is 13.4. The predicted octanol–water partition coefficient (Wildman–Crippen LogP) is 4.69. The van der Waals surface area contributed by atoms with E-state index >= 15 is 0 Å². The molecule has 4 aromatic rings. The summed E-state index contributed by atoms with van der Waals surface area (Å²) in [7, 11) is 0. The van der Waals surface area contributed by atoms with Crippen LogP contribution in [0.15, 0.2) is 74.5 Å². The van der Waals surface area contributed by atoms with Crippen molar-refractivity contribution in [3.8, 4) is 0 Å². The van der Waals surface area contributed by atoms with Gasteiger partial charge in [-0.05, 0) is 48.0 Å². The van der Waals surface area contributed by atoms with E-state index in [1.54, 1.807) is 24.3 Å². The average molecular weight is 437 g/mol. The van der Waals surface area contributed by atoms with E-state index in [0.29, 0.717) is 16.3 Å². The van der Waals surface area contributed by atoms with Crippen molar-refractivity contribution in [1.82, 2.24) is 4.90 Å². The highest BCUT2D eigenvalue weighted by Crippen LogP contribution is 2.39. The van der Waals surface area contributed by atoms with Crippen LogP contribution < -0.4 is 5.43 Å². The normalized spacial score (nSPS) is 15.5. The van der Waals surface area contributed by atoms with Gasteiger partial charge in [0.1, 0.15) is 11.3 Å². The van der Waals surface area contributed by atoms with Gasteiger partial charge in [-0.25, -0.2) is 0 Å². The first-order valence-electron chi connectivity index (χ1n) is 9.28. The Labute approximate surface area is 179 Å². The fraction of sp³-hybridized carbons (Fsp3) is 0.0909. The van der Waals surface area contributed by atoms with Crippen LogP contribution in [-0.2, 0) is 6.54 Å². The molecule has 0 radical (unpaired) electrons. The van der Waals surface area contributed by atoms with Crippen molar-refractivity contribution in [3.63, 3.8) is 0 Å². The summed E-state index contributed by atoms with van der Waals surface area (Å²) in [5.74, 6) is -0.00782. The van der Waals surface area contributed by atoms with Gasteiger partial charge in [0.15, 0.2) is 5.43 Å². The largest absolute Gasteiger partial charge is 0.467 e. The van der Waals surface area contributed by atoms with Crippen LogP contribution in [0.1, 0.15) is 33.5 Å². The number of amides is 1. The molecule has 9 heteroatoms. The smallest absolute Gasteiger partial charge is 0.291 e. The zero-order chi connectivity index (χ0) is 21.7. The van der Waals surface area contributed by atoms with Gasteiger partial charge in [0.05, 0.1) is 34.7 Å². The topological polar surface area (TPSA) is 107 Å². The minimum absolute atomic E-state index is 0.0604. The number of halogens is 1. The number of nitro benzene ring substituents is 1. The van der Waals surface area contributed by atoms with Crippen LogP contribution in [-0.4, -0.2) is 15.7 Å². The number of hydrogen-bond donors (Lipinski definition) is 0. The third-order valence-electron chi connectivity index (χ3n) is 5.25. The molecule has 5 rings (SSSR count). The molecule has 3 heterocycles. The Morgan fingerprint density at radius 3 is 2.55 bits per heavy atom. The lowest BCUT2D eigenvalue weighted by molar-refractivity contribution is -0.384. The lowest BCUT2D eigenvalue weighted by atomic mass is 9.98.